The van der Waals surface area contributed by atoms with Gasteiger partial charge in [-0.2, -0.15) is 18.3 Å². The summed E-state index contributed by atoms with van der Waals surface area (Å²) < 4.78 is 39.3. The summed E-state index contributed by atoms with van der Waals surface area (Å²) in [7, 11) is 0. The monoisotopic (exact) mass is 290 g/mol. The second kappa shape index (κ2) is 4.86. The van der Waals surface area contributed by atoms with Crippen LogP contribution in [-0.4, -0.2) is 14.9 Å². The van der Waals surface area contributed by atoms with Gasteiger partial charge in [-0.1, -0.05) is 29.3 Å². The zero-order chi connectivity index (χ0) is 14.2. The summed E-state index contributed by atoms with van der Waals surface area (Å²) in [5.74, 6) is 0. The molecule has 0 atom stereocenters. The molecule has 0 saturated carbocycles. The normalized spacial score (nSPS) is 11.9. The van der Waals surface area contributed by atoms with E-state index in [4.69, 9.17) is 16.7 Å². The highest BCUT2D eigenvalue weighted by Gasteiger charge is 2.38. The van der Waals surface area contributed by atoms with Gasteiger partial charge in [0.2, 0.25) is 0 Å². The van der Waals surface area contributed by atoms with Gasteiger partial charge in [-0.05, 0) is 19.1 Å². The van der Waals surface area contributed by atoms with Crippen LogP contribution in [0.4, 0.5) is 13.2 Å². The minimum absolute atomic E-state index is 0.237. The van der Waals surface area contributed by atoms with Crippen LogP contribution < -0.4 is 0 Å². The number of hydrogen-bond acceptors (Lipinski definition) is 2. The second-order valence-electron chi connectivity index (χ2n) is 4.02. The predicted octanol–water partition coefficient (Wildman–Crippen LogP) is 3.35. The number of hydrogen-bond donors (Lipinski definition) is 1. The number of nitrogens with zero attached hydrogens (tertiary/aromatic N) is 2. The average molecular weight is 291 g/mol. The Hall–Kier alpha value is -1.53. The van der Waals surface area contributed by atoms with Crippen molar-refractivity contribution in [1.29, 1.82) is 0 Å². The Morgan fingerprint density at radius 2 is 1.84 bits per heavy atom. The van der Waals surface area contributed by atoms with Crippen LogP contribution in [0.25, 0.3) is 5.69 Å². The fraction of sp³-hybridized carbons (Fsp3) is 0.250. The lowest BCUT2D eigenvalue weighted by Crippen LogP contribution is -2.09. The van der Waals surface area contributed by atoms with Gasteiger partial charge in [-0.15, -0.1) is 0 Å². The highest BCUT2D eigenvalue weighted by Crippen LogP contribution is 2.35. The lowest BCUT2D eigenvalue weighted by atomic mass is 10.2. The first kappa shape index (κ1) is 13.9. The first-order valence-electron chi connectivity index (χ1n) is 5.37. The van der Waals surface area contributed by atoms with Gasteiger partial charge in [-0.25, -0.2) is 4.68 Å². The van der Waals surface area contributed by atoms with Crippen LogP contribution in [0.5, 0.6) is 0 Å². The van der Waals surface area contributed by atoms with Gasteiger partial charge in [0, 0.05) is 5.56 Å². The van der Waals surface area contributed by atoms with E-state index in [1.54, 1.807) is 24.3 Å². The molecule has 0 amide bonds. The van der Waals surface area contributed by atoms with E-state index in [-0.39, 0.29) is 5.15 Å². The maximum atomic E-state index is 12.8. The zero-order valence-corrected chi connectivity index (χ0v) is 10.6. The molecule has 0 bridgehead atoms. The van der Waals surface area contributed by atoms with Gasteiger partial charge in [0.05, 0.1) is 12.3 Å². The predicted molar refractivity (Wildman–Crippen MR) is 64.2 cm³/mol. The molecule has 0 unspecified atom stereocenters. The van der Waals surface area contributed by atoms with Crippen molar-refractivity contribution in [2.24, 2.45) is 0 Å². The molecule has 2 aromatic rings. The summed E-state index contributed by atoms with van der Waals surface area (Å²) in [5, 5.41) is 12.2. The maximum absolute atomic E-state index is 12.8. The van der Waals surface area contributed by atoms with Crippen molar-refractivity contribution >= 4 is 11.6 Å². The first-order valence-corrected chi connectivity index (χ1v) is 5.75. The number of aliphatic hydroxyl groups excluding tert-OH is 1. The molecule has 1 N–H and O–H groups in total. The summed E-state index contributed by atoms with van der Waals surface area (Å²) in [4.78, 5) is 0. The maximum Gasteiger partial charge on any atom is 0.435 e. The van der Waals surface area contributed by atoms with E-state index in [9.17, 15) is 13.2 Å². The zero-order valence-electron chi connectivity index (χ0n) is 9.87. The number of aryl methyl sites for hydroxylation is 1. The van der Waals surface area contributed by atoms with Crippen LogP contribution in [-0.2, 0) is 12.8 Å². The molecular formula is C12H10ClF3N2O. The number of halogens is 4. The minimum Gasteiger partial charge on any atom is -0.391 e. The molecule has 0 aliphatic carbocycles. The van der Waals surface area contributed by atoms with Crippen LogP contribution in [0.3, 0.4) is 0 Å². The summed E-state index contributed by atoms with van der Waals surface area (Å²) in [5.41, 5.74) is -0.221. The molecule has 102 valence electrons. The van der Waals surface area contributed by atoms with Crippen molar-refractivity contribution in [1.82, 2.24) is 9.78 Å². The third-order valence-electron chi connectivity index (χ3n) is 2.63. The van der Waals surface area contributed by atoms with Crippen molar-refractivity contribution in [2.45, 2.75) is 19.7 Å². The van der Waals surface area contributed by atoms with Gasteiger partial charge in [0.15, 0.2) is 5.69 Å². The molecule has 1 heterocycles. The fourth-order valence-electron chi connectivity index (χ4n) is 1.65. The lowest BCUT2D eigenvalue weighted by Gasteiger charge is -2.04. The smallest absolute Gasteiger partial charge is 0.391 e. The van der Waals surface area contributed by atoms with Gasteiger partial charge in [0.25, 0.3) is 0 Å². The fourth-order valence-corrected chi connectivity index (χ4v) is 1.94. The Morgan fingerprint density at radius 3 is 2.26 bits per heavy atom. The first-order chi connectivity index (χ1) is 8.84. The Kier molecular flexibility index (Phi) is 3.56. The van der Waals surface area contributed by atoms with Crippen LogP contribution in [0, 0.1) is 6.92 Å². The molecule has 2 rings (SSSR count). The van der Waals surface area contributed by atoms with Crippen molar-refractivity contribution in [3.8, 4) is 5.69 Å². The third kappa shape index (κ3) is 2.59. The topological polar surface area (TPSA) is 38.0 Å². The van der Waals surface area contributed by atoms with Crippen LogP contribution in [0.1, 0.15) is 16.8 Å². The standard InChI is InChI=1S/C12H10ClF3N2O/c1-7-2-4-8(5-3-7)18-11(13)9(6-19)10(17-18)12(14,15)16/h2-5,19H,6H2,1H3. The van der Waals surface area contributed by atoms with E-state index >= 15 is 0 Å². The molecule has 3 nitrogen and oxygen atoms in total. The number of alkyl halides is 3. The molecule has 1 aromatic heterocycles. The van der Waals surface area contributed by atoms with Crippen molar-refractivity contribution in [3.05, 3.63) is 46.2 Å². The van der Waals surface area contributed by atoms with Gasteiger partial charge >= 0.3 is 6.18 Å². The van der Waals surface area contributed by atoms with Crippen molar-refractivity contribution in [2.75, 3.05) is 0 Å². The summed E-state index contributed by atoms with van der Waals surface area (Å²) >= 11 is 5.85. The van der Waals surface area contributed by atoms with E-state index < -0.39 is 24.0 Å². The van der Waals surface area contributed by atoms with Gasteiger partial charge < -0.3 is 5.11 Å². The van der Waals surface area contributed by atoms with Gasteiger partial charge in [-0.3, -0.25) is 0 Å². The highest BCUT2D eigenvalue weighted by molar-refractivity contribution is 6.30. The van der Waals surface area contributed by atoms with E-state index in [0.717, 1.165) is 10.2 Å². The van der Waals surface area contributed by atoms with Crippen LogP contribution >= 0.6 is 11.6 Å². The molecule has 19 heavy (non-hydrogen) atoms. The lowest BCUT2D eigenvalue weighted by molar-refractivity contribution is -0.142. The van der Waals surface area contributed by atoms with Crippen molar-refractivity contribution in [3.63, 3.8) is 0 Å². The Bertz CT molecular complexity index is 590. The summed E-state index contributed by atoms with van der Waals surface area (Å²) in [6.07, 6.45) is -4.66. The van der Waals surface area contributed by atoms with Crippen LogP contribution in [0.15, 0.2) is 24.3 Å². The molecular weight excluding hydrogens is 281 g/mol. The molecule has 0 aliphatic heterocycles. The number of benzene rings is 1. The second-order valence-corrected chi connectivity index (χ2v) is 4.38. The third-order valence-corrected chi connectivity index (χ3v) is 3.01. The Labute approximate surface area is 112 Å². The van der Waals surface area contributed by atoms with Crippen LogP contribution in [0.2, 0.25) is 5.15 Å². The molecule has 1 aromatic carbocycles. The molecule has 7 heteroatoms. The van der Waals surface area contributed by atoms with Gasteiger partial charge in [0.1, 0.15) is 5.15 Å². The number of rotatable bonds is 2. The Balaban J connectivity index is 2.59. The molecule has 0 spiro atoms. The molecule has 0 aliphatic rings. The van der Waals surface area contributed by atoms with E-state index in [1.165, 1.54) is 0 Å². The average Bonchev–Trinajstić information content (AvgIpc) is 2.67. The number of aliphatic hydroxyl groups is 1. The largest absolute Gasteiger partial charge is 0.435 e. The summed E-state index contributed by atoms with van der Waals surface area (Å²) in [6, 6.07) is 6.68. The SMILES string of the molecule is Cc1ccc(-n2nc(C(F)(F)F)c(CO)c2Cl)cc1. The van der Waals surface area contributed by atoms with Crippen molar-refractivity contribution < 1.29 is 18.3 Å². The molecule has 0 saturated heterocycles. The number of aromatic nitrogens is 2. The van der Waals surface area contributed by atoms with E-state index in [0.29, 0.717) is 5.69 Å². The van der Waals surface area contributed by atoms with E-state index in [1.807, 2.05) is 6.92 Å². The minimum atomic E-state index is -4.66. The highest BCUT2D eigenvalue weighted by atomic mass is 35.5. The molecule has 0 fully saturated rings. The summed E-state index contributed by atoms with van der Waals surface area (Å²) in [6.45, 7) is 1.04. The van der Waals surface area contributed by atoms with E-state index in [2.05, 4.69) is 5.10 Å². The molecule has 0 radical (unpaired) electrons. The quantitative estimate of drug-likeness (QED) is 0.921. The Morgan fingerprint density at radius 1 is 1.26 bits per heavy atom.